The Morgan fingerprint density at radius 2 is 1.82 bits per heavy atom. The highest BCUT2D eigenvalue weighted by Gasteiger charge is 2.11. The van der Waals surface area contributed by atoms with E-state index in [1.54, 1.807) is 7.11 Å². The van der Waals surface area contributed by atoms with Crippen LogP contribution in [0.1, 0.15) is 41.7 Å². The van der Waals surface area contributed by atoms with Gasteiger partial charge in [-0.25, -0.2) is 0 Å². The summed E-state index contributed by atoms with van der Waals surface area (Å²) in [5, 5.41) is 9.92. The number of ether oxygens (including phenoxy) is 2. The summed E-state index contributed by atoms with van der Waals surface area (Å²) in [6.45, 7) is 6.60. The zero-order valence-corrected chi connectivity index (χ0v) is 13.7. The van der Waals surface area contributed by atoms with E-state index in [2.05, 4.69) is 32.0 Å². The second-order valence-electron chi connectivity index (χ2n) is 5.55. The molecule has 0 aliphatic carbocycles. The van der Waals surface area contributed by atoms with E-state index in [1.807, 2.05) is 25.1 Å². The Labute approximate surface area is 132 Å². The van der Waals surface area contributed by atoms with E-state index in [9.17, 15) is 5.11 Å². The van der Waals surface area contributed by atoms with Gasteiger partial charge in [-0.05, 0) is 49.1 Å². The molecule has 1 unspecified atom stereocenters. The molecule has 0 aliphatic heterocycles. The third-order valence-electron chi connectivity index (χ3n) is 3.85. The Balaban J connectivity index is 2.17. The first-order chi connectivity index (χ1) is 10.5. The molecule has 1 N–H and O–H groups in total. The molecule has 0 fully saturated rings. The summed E-state index contributed by atoms with van der Waals surface area (Å²) in [4.78, 5) is 0. The van der Waals surface area contributed by atoms with Crippen LogP contribution < -0.4 is 9.47 Å². The van der Waals surface area contributed by atoms with Gasteiger partial charge in [0, 0.05) is 0 Å². The monoisotopic (exact) mass is 300 g/mol. The molecule has 0 saturated carbocycles. The summed E-state index contributed by atoms with van der Waals surface area (Å²) in [5.74, 6) is 1.34. The summed E-state index contributed by atoms with van der Waals surface area (Å²) in [6.07, 6.45) is 0.202. The molecule has 2 aromatic carbocycles. The first-order valence-corrected chi connectivity index (χ1v) is 7.60. The number of benzene rings is 2. The number of hydrogen-bond donors (Lipinski definition) is 1. The van der Waals surface area contributed by atoms with Gasteiger partial charge in [0.05, 0.1) is 13.2 Å². The fourth-order valence-electron chi connectivity index (χ4n) is 2.36. The van der Waals surface area contributed by atoms with Gasteiger partial charge in [0.25, 0.3) is 0 Å². The molecule has 22 heavy (non-hydrogen) atoms. The molecule has 0 aromatic heterocycles. The average molecular weight is 300 g/mol. The van der Waals surface area contributed by atoms with Crippen molar-refractivity contribution in [3.8, 4) is 11.5 Å². The highest BCUT2D eigenvalue weighted by atomic mass is 16.5. The van der Waals surface area contributed by atoms with Crippen LogP contribution >= 0.6 is 0 Å². The summed E-state index contributed by atoms with van der Waals surface area (Å²) >= 11 is 0. The van der Waals surface area contributed by atoms with E-state index in [4.69, 9.17) is 9.47 Å². The minimum atomic E-state index is -0.470. The van der Waals surface area contributed by atoms with Gasteiger partial charge in [-0.2, -0.15) is 0 Å². The van der Waals surface area contributed by atoms with Gasteiger partial charge in [0.15, 0.2) is 11.5 Å². The Hall–Kier alpha value is -2.00. The van der Waals surface area contributed by atoms with E-state index >= 15 is 0 Å². The number of aliphatic hydroxyl groups is 1. The fraction of sp³-hybridized carbons (Fsp3) is 0.368. The molecule has 0 heterocycles. The van der Waals surface area contributed by atoms with Crippen molar-refractivity contribution in [1.82, 2.24) is 0 Å². The molecule has 2 rings (SSSR count). The minimum absolute atomic E-state index is 0.470. The van der Waals surface area contributed by atoms with Crippen molar-refractivity contribution >= 4 is 0 Å². The second-order valence-corrected chi connectivity index (χ2v) is 5.55. The Morgan fingerprint density at radius 1 is 1.05 bits per heavy atom. The first kappa shape index (κ1) is 16.4. The van der Waals surface area contributed by atoms with E-state index < -0.39 is 6.10 Å². The van der Waals surface area contributed by atoms with Crippen molar-refractivity contribution in [2.75, 3.05) is 7.11 Å². The average Bonchev–Trinajstić information content (AvgIpc) is 2.54. The van der Waals surface area contributed by atoms with Crippen LogP contribution in [0.5, 0.6) is 11.5 Å². The first-order valence-electron chi connectivity index (χ1n) is 7.60. The highest BCUT2D eigenvalue weighted by molar-refractivity contribution is 5.44. The van der Waals surface area contributed by atoms with Crippen LogP contribution in [-0.4, -0.2) is 12.2 Å². The van der Waals surface area contributed by atoms with E-state index in [0.29, 0.717) is 24.5 Å². The van der Waals surface area contributed by atoms with Gasteiger partial charge < -0.3 is 14.6 Å². The number of hydrogen-bond acceptors (Lipinski definition) is 3. The number of methoxy groups -OCH3 is 1. The molecule has 1 atom stereocenters. The fourth-order valence-corrected chi connectivity index (χ4v) is 2.36. The predicted molar refractivity (Wildman–Crippen MR) is 88.5 cm³/mol. The summed E-state index contributed by atoms with van der Waals surface area (Å²) in [6, 6.07) is 11.9. The molecule has 0 aliphatic rings. The highest BCUT2D eigenvalue weighted by Crippen LogP contribution is 2.32. The van der Waals surface area contributed by atoms with Crippen LogP contribution in [-0.2, 0) is 6.61 Å². The van der Waals surface area contributed by atoms with Gasteiger partial charge in [-0.3, -0.25) is 0 Å². The SMILES string of the molecule is CCC(O)c1ccc(OCc2cc(C)ccc2C)c(OC)c1. The molecule has 0 bridgehead atoms. The molecule has 118 valence electrons. The normalized spacial score (nSPS) is 12.0. The number of aryl methyl sites for hydroxylation is 2. The van der Waals surface area contributed by atoms with Crippen molar-refractivity contribution in [2.45, 2.75) is 39.9 Å². The lowest BCUT2D eigenvalue weighted by atomic mass is 10.1. The van der Waals surface area contributed by atoms with Crippen molar-refractivity contribution in [1.29, 1.82) is 0 Å². The number of rotatable bonds is 6. The molecule has 3 nitrogen and oxygen atoms in total. The van der Waals surface area contributed by atoms with E-state index in [1.165, 1.54) is 16.7 Å². The van der Waals surface area contributed by atoms with E-state index in [0.717, 1.165) is 5.56 Å². The largest absolute Gasteiger partial charge is 0.493 e. The molecule has 0 radical (unpaired) electrons. The lowest BCUT2D eigenvalue weighted by molar-refractivity contribution is 0.173. The van der Waals surface area contributed by atoms with Crippen LogP contribution in [0.3, 0.4) is 0 Å². The molecule has 0 saturated heterocycles. The Kier molecular flexibility index (Phi) is 5.45. The maximum absolute atomic E-state index is 9.92. The van der Waals surface area contributed by atoms with Crippen molar-refractivity contribution < 1.29 is 14.6 Å². The quantitative estimate of drug-likeness (QED) is 0.862. The van der Waals surface area contributed by atoms with Gasteiger partial charge >= 0.3 is 0 Å². The van der Waals surface area contributed by atoms with Crippen molar-refractivity contribution in [2.24, 2.45) is 0 Å². The van der Waals surface area contributed by atoms with Crippen molar-refractivity contribution in [3.05, 3.63) is 58.7 Å². The van der Waals surface area contributed by atoms with Gasteiger partial charge in [-0.1, -0.05) is 36.8 Å². The van der Waals surface area contributed by atoms with Crippen LogP contribution in [0, 0.1) is 13.8 Å². The third-order valence-corrected chi connectivity index (χ3v) is 3.85. The standard InChI is InChI=1S/C19H24O3/c1-5-17(20)15-8-9-18(19(11-15)21-4)22-12-16-10-13(2)6-7-14(16)3/h6-11,17,20H,5,12H2,1-4H3. The topological polar surface area (TPSA) is 38.7 Å². The maximum Gasteiger partial charge on any atom is 0.161 e. The zero-order valence-electron chi connectivity index (χ0n) is 13.7. The smallest absolute Gasteiger partial charge is 0.161 e. The summed E-state index contributed by atoms with van der Waals surface area (Å²) < 4.78 is 11.3. The van der Waals surface area contributed by atoms with Crippen molar-refractivity contribution in [3.63, 3.8) is 0 Å². The summed E-state index contributed by atoms with van der Waals surface area (Å²) in [5.41, 5.74) is 4.44. The van der Waals surface area contributed by atoms with Crippen LogP contribution in [0.15, 0.2) is 36.4 Å². The van der Waals surface area contributed by atoms with Crippen LogP contribution in [0.25, 0.3) is 0 Å². The third kappa shape index (κ3) is 3.80. The van der Waals surface area contributed by atoms with Gasteiger partial charge in [-0.15, -0.1) is 0 Å². The molecular formula is C19H24O3. The maximum atomic E-state index is 9.92. The number of aliphatic hydroxyl groups excluding tert-OH is 1. The molecule has 3 heteroatoms. The lowest BCUT2D eigenvalue weighted by Gasteiger charge is -2.15. The predicted octanol–water partition coefficient (Wildman–Crippen LogP) is 4.33. The lowest BCUT2D eigenvalue weighted by Crippen LogP contribution is -2.02. The van der Waals surface area contributed by atoms with Crippen LogP contribution in [0.2, 0.25) is 0 Å². The molecule has 0 amide bonds. The Morgan fingerprint density at radius 3 is 2.50 bits per heavy atom. The Bertz CT molecular complexity index is 635. The van der Waals surface area contributed by atoms with Crippen LogP contribution in [0.4, 0.5) is 0 Å². The molecule has 0 spiro atoms. The van der Waals surface area contributed by atoms with E-state index in [-0.39, 0.29) is 0 Å². The molecule has 2 aromatic rings. The summed E-state index contributed by atoms with van der Waals surface area (Å²) in [7, 11) is 1.61. The van der Waals surface area contributed by atoms with Gasteiger partial charge in [0.1, 0.15) is 6.61 Å². The second kappa shape index (κ2) is 7.32. The minimum Gasteiger partial charge on any atom is -0.493 e. The zero-order chi connectivity index (χ0) is 16.1. The molecular weight excluding hydrogens is 276 g/mol. The van der Waals surface area contributed by atoms with Gasteiger partial charge in [0.2, 0.25) is 0 Å².